The second-order valence-electron chi connectivity index (χ2n) is 10.6. The molecule has 0 saturated carbocycles. The molecule has 10 nitrogen and oxygen atoms in total. The quantitative estimate of drug-likeness (QED) is 0.602. The van der Waals surface area contributed by atoms with Gasteiger partial charge in [-0.15, -0.1) is 0 Å². The Hall–Kier alpha value is -3.92. The maximum absolute atomic E-state index is 13.6. The lowest BCUT2D eigenvalue weighted by Gasteiger charge is -2.37. The topological polar surface area (TPSA) is 117 Å². The summed E-state index contributed by atoms with van der Waals surface area (Å²) < 4.78 is 11.9. The van der Waals surface area contributed by atoms with Gasteiger partial charge in [-0.1, -0.05) is 42.5 Å². The van der Waals surface area contributed by atoms with Crippen LogP contribution in [0.15, 0.2) is 54.6 Å². The van der Waals surface area contributed by atoms with E-state index in [2.05, 4.69) is 10.6 Å². The zero-order valence-electron chi connectivity index (χ0n) is 23.5. The van der Waals surface area contributed by atoms with E-state index in [0.717, 1.165) is 5.56 Å². The van der Waals surface area contributed by atoms with Crippen molar-refractivity contribution in [2.75, 3.05) is 26.7 Å². The first-order valence-corrected chi connectivity index (χ1v) is 13.7. The first kappa shape index (κ1) is 29.1. The average Bonchev–Trinajstić information content (AvgIpc) is 2.93. The van der Waals surface area contributed by atoms with Crippen molar-refractivity contribution in [3.05, 3.63) is 65.7 Å². The zero-order chi connectivity index (χ0) is 28.8. The highest BCUT2D eigenvalue weighted by Gasteiger charge is 2.35. The van der Waals surface area contributed by atoms with Gasteiger partial charge in [0.1, 0.15) is 24.4 Å². The van der Waals surface area contributed by atoms with E-state index in [1.807, 2.05) is 44.2 Å². The number of ether oxygens (including phenoxy) is 2. The molecule has 0 aliphatic carbocycles. The number of amides is 4. The molecule has 1 saturated heterocycles. The van der Waals surface area contributed by atoms with Gasteiger partial charge in [0.15, 0.2) is 0 Å². The minimum Gasteiger partial charge on any atom is -0.491 e. The third-order valence-corrected chi connectivity index (χ3v) is 7.24. The summed E-state index contributed by atoms with van der Waals surface area (Å²) in [5.74, 6) is -1.37. The summed E-state index contributed by atoms with van der Waals surface area (Å²) in [6.07, 6.45) is -0.156. The van der Waals surface area contributed by atoms with Crippen LogP contribution in [-0.4, -0.2) is 90.5 Å². The van der Waals surface area contributed by atoms with Crippen molar-refractivity contribution in [2.45, 2.75) is 63.9 Å². The minimum atomic E-state index is -1.13. The van der Waals surface area contributed by atoms with Crippen LogP contribution in [-0.2, 0) is 25.5 Å². The van der Waals surface area contributed by atoms with Crippen LogP contribution in [0.2, 0.25) is 0 Å². The molecule has 2 aliphatic heterocycles. The third kappa shape index (κ3) is 7.18. The van der Waals surface area contributed by atoms with E-state index in [1.165, 1.54) is 0 Å². The molecule has 0 unspecified atom stereocenters. The Labute approximate surface area is 235 Å². The van der Waals surface area contributed by atoms with Gasteiger partial charge in [0.25, 0.3) is 5.91 Å². The predicted octanol–water partition coefficient (Wildman–Crippen LogP) is 1.78. The molecule has 0 spiro atoms. The number of hydrogen-bond acceptors (Lipinski definition) is 6. The number of likely N-dealkylation sites (N-methyl/N-ethyl adjacent to an activating group) is 1. The fourth-order valence-electron chi connectivity index (χ4n) is 5.21. The highest BCUT2D eigenvalue weighted by molar-refractivity contribution is 6.01. The van der Waals surface area contributed by atoms with Gasteiger partial charge in [-0.2, -0.15) is 0 Å². The van der Waals surface area contributed by atoms with Crippen LogP contribution < -0.4 is 15.4 Å². The van der Waals surface area contributed by atoms with E-state index < -0.39 is 23.9 Å². The smallest absolute Gasteiger partial charge is 0.255 e. The summed E-state index contributed by atoms with van der Waals surface area (Å²) in [5, 5.41) is 5.48. The van der Waals surface area contributed by atoms with Gasteiger partial charge in [-0.05, 0) is 44.9 Å². The van der Waals surface area contributed by atoms with Gasteiger partial charge in [0.2, 0.25) is 17.7 Å². The van der Waals surface area contributed by atoms with Crippen LogP contribution in [0.25, 0.3) is 0 Å². The van der Waals surface area contributed by atoms with E-state index in [4.69, 9.17) is 9.47 Å². The van der Waals surface area contributed by atoms with Crippen molar-refractivity contribution in [3.63, 3.8) is 0 Å². The first-order valence-electron chi connectivity index (χ1n) is 13.7. The van der Waals surface area contributed by atoms with Crippen LogP contribution in [0, 0.1) is 0 Å². The summed E-state index contributed by atoms with van der Waals surface area (Å²) in [5.41, 5.74) is 1.26. The average molecular weight is 551 g/mol. The largest absolute Gasteiger partial charge is 0.491 e. The Bertz CT molecular complexity index is 1210. The summed E-state index contributed by atoms with van der Waals surface area (Å²) in [6, 6.07) is 14.1. The molecular formula is C30H38N4O6. The summed E-state index contributed by atoms with van der Waals surface area (Å²) in [4.78, 5) is 56.7. The zero-order valence-corrected chi connectivity index (χ0v) is 23.5. The summed E-state index contributed by atoms with van der Waals surface area (Å²) in [7, 11) is 1.68. The number of rotatable bonds is 3. The predicted molar refractivity (Wildman–Crippen MR) is 149 cm³/mol. The highest BCUT2D eigenvalue weighted by Crippen LogP contribution is 2.21. The summed E-state index contributed by atoms with van der Waals surface area (Å²) in [6.45, 7) is 6.17. The molecule has 5 atom stereocenters. The van der Waals surface area contributed by atoms with Crippen molar-refractivity contribution in [2.24, 2.45) is 0 Å². The Morgan fingerprint density at radius 3 is 2.27 bits per heavy atom. The lowest BCUT2D eigenvalue weighted by molar-refractivity contribution is -0.146. The number of carbonyl (C=O) groups is 4. The number of morpholine rings is 1. The Morgan fingerprint density at radius 2 is 1.57 bits per heavy atom. The van der Waals surface area contributed by atoms with E-state index in [9.17, 15) is 19.2 Å². The molecule has 2 heterocycles. The number of para-hydroxylation sites is 1. The lowest BCUT2D eigenvalue weighted by Crippen LogP contribution is -2.57. The Balaban J connectivity index is 1.64. The van der Waals surface area contributed by atoms with Crippen LogP contribution in [0.3, 0.4) is 0 Å². The molecule has 10 heteroatoms. The monoisotopic (exact) mass is 550 g/mol. The Morgan fingerprint density at radius 1 is 0.925 bits per heavy atom. The second kappa shape index (κ2) is 13.0. The van der Waals surface area contributed by atoms with Crippen molar-refractivity contribution in [1.29, 1.82) is 0 Å². The molecule has 2 aromatic rings. The van der Waals surface area contributed by atoms with Gasteiger partial charge >= 0.3 is 0 Å². The molecule has 214 valence electrons. The Kier molecular flexibility index (Phi) is 9.42. The normalized spacial score (nSPS) is 26.6. The first-order chi connectivity index (χ1) is 19.1. The SMILES string of the molecule is C[C@@H]1CN(C(=O)[C@@H]2CC(=O)N[C@@H](C)C(=O)N(C)[C@@H](Cc3ccccc3)COc3ccccc3C(=O)N2)C[C@H](C)O1. The number of hydrogen-bond donors (Lipinski definition) is 2. The number of benzene rings is 2. The van der Waals surface area contributed by atoms with Crippen molar-refractivity contribution in [3.8, 4) is 5.75 Å². The molecule has 4 amide bonds. The van der Waals surface area contributed by atoms with Gasteiger partial charge in [0.05, 0.1) is 30.2 Å². The number of nitrogens with one attached hydrogen (secondary N) is 2. The highest BCUT2D eigenvalue weighted by atomic mass is 16.5. The molecule has 40 heavy (non-hydrogen) atoms. The van der Waals surface area contributed by atoms with Gasteiger partial charge in [-0.3, -0.25) is 19.2 Å². The lowest BCUT2D eigenvalue weighted by atomic mass is 10.0. The van der Waals surface area contributed by atoms with E-state index in [0.29, 0.717) is 25.3 Å². The number of carbonyl (C=O) groups excluding carboxylic acids is 4. The van der Waals surface area contributed by atoms with E-state index >= 15 is 0 Å². The van der Waals surface area contributed by atoms with Crippen LogP contribution in [0.5, 0.6) is 5.75 Å². The number of fused-ring (bicyclic) bond motifs is 1. The third-order valence-electron chi connectivity index (χ3n) is 7.24. The molecular weight excluding hydrogens is 512 g/mol. The van der Waals surface area contributed by atoms with Crippen molar-refractivity contribution in [1.82, 2.24) is 20.4 Å². The van der Waals surface area contributed by atoms with E-state index in [1.54, 1.807) is 48.0 Å². The van der Waals surface area contributed by atoms with Gasteiger partial charge < -0.3 is 29.9 Å². The van der Waals surface area contributed by atoms with Crippen LogP contribution >= 0.6 is 0 Å². The molecule has 2 N–H and O–H groups in total. The van der Waals surface area contributed by atoms with Crippen molar-refractivity contribution >= 4 is 23.6 Å². The van der Waals surface area contributed by atoms with Crippen molar-refractivity contribution < 1.29 is 28.7 Å². The maximum atomic E-state index is 13.6. The molecule has 0 radical (unpaired) electrons. The number of nitrogens with zero attached hydrogens (tertiary/aromatic N) is 2. The second-order valence-corrected chi connectivity index (χ2v) is 10.6. The standard InChI is InChI=1S/C30H38N4O6/c1-19-16-34(17-20(2)40-19)30(38)25-15-27(35)31-21(3)29(37)33(4)23(14-22-10-6-5-7-11-22)18-39-26-13-9-8-12-24(26)28(36)32-25/h5-13,19-21,23,25H,14-18H2,1-4H3,(H,31,35)(H,32,36)/t19-,20+,21-,23-,25-/m0/s1. The minimum absolute atomic E-state index is 0.119. The van der Waals surface area contributed by atoms with Gasteiger partial charge in [-0.25, -0.2) is 0 Å². The van der Waals surface area contributed by atoms with Gasteiger partial charge in [0, 0.05) is 20.1 Å². The fraction of sp³-hybridized carbons (Fsp3) is 0.467. The van der Waals surface area contributed by atoms with Crippen LogP contribution in [0.4, 0.5) is 0 Å². The fourth-order valence-corrected chi connectivity index (χ4v) is 5.21. The molecule has 0 bridgehead atoms. The molecule has 4 rings (SSSR count). The van der Waals surface area contributed by atoms with E-state index in [-0.39, 0.29) is 48.7 Å². The molecule has 2 aliphatic rings. The molecule has 1 fully saturated rings. The summed E-state index contributed by atoms with van der Waals surface area (Å²) >= 11 is 0. The molecule has 2 aromatic carbocycles. The van der Waals surface area contributed by atoms with Crippen LogP contribution in [0.1, 0.15) is 43.1 Å². The maximum Gasteiger partial charge on any atom is 0.255 e. The molecule has 0 aromatic heterocycles.